The fraction of sp³-hybridized carbons (Fsp3) is 0.185. The molecule has 0 aliphatic carbocycles. The number of aromatic nitrogens is 2. The van der Waals surface area contributed by atoms with Gasteiger partial charge < -0.3 is 10.6 Å². The molecule has 2 N–H and O–H groups in total. The number of amides is 2. The van der Waals surface area contributed by atoms with Gasteiger partial charge in [-0.15, -0.1) is 0 Å². The smallest absolute Gasteiger partial charge is 0.266 e. The number of hydrogen-bond acceptors (Lipinski definition) is 5. The van der Waals surface area contributed by atoms with E-state index < -0.39 is 0 Å². The van der Waals surface area contributed by atoms with Crippen LogP contribution in [0.15, 0.2) is 76.7 Å². The molecule has 4 aromatic rings. The highest BCUT2D eigenvalue weighted by molar-refractivity contribution is 7.99. The molecule has 0 saturated carbocycles. The average Bonchev–Trinajstić information content (AvgIpc) is 2.84. The van der Waals surface area contributed by atoms with Gasteiger partial charge in [-0.05, 0) is 67.8 Å². The third-order valence-electron chi connectivity index (χ3n) is 5.66. The lowest BCUT2D eigenvalue weighted by molar-refractivity contribution is -0.122. The molecule has 35 heavy (non-hydrogen) atoms. The Bertz CT molecular complexity index is 1480. The highest BCUT2D eigenvalue weighted by Crippen LogP contribution is 2.22. The highest BCUT2D eigenvalue weighted by atomic mass is 32.2. The molecule has 0 aliphatic rings. The van der Waals surface area contributed by atoms with Gasteiger partial charge in [0.05, 0.1) is 28.9 Å². The van der Waals surface area contributed by atoms with Crippen LogP contribution in [-0.4, -0.2) is 33.7 Å². The zero-order valence-corrected chi connectivity index (χ0v) is 20.6. The Morgan fingerprint density at radius 2 is 1.71 bits per heavy atom. The summed E-state index contributed by atoms with van der Waals surface area (Å²) in [4.78, 5) is 42.8. The monoisotopic (exact) mass is 486 g/mol. The van der Waals surface area contributed by atoms with Crippen molar-refractivity contribution >= 4 is 40.2 Å². The van der Waals surface area contributed by atoms with Crippen molar-refractivity contribution in [3.63, 3.8) is 0 Å². The van der Waals surface area contributed by atoms with Crippen LogP contribution in [0.3, 0.4) is 0 Å². The number of hydrogen-bond donors (Lipinski definition) is 2. The van der Waals surface area contributed by atoms with Gasteiger partial charge in [-0.2, -0.15) is 0 Å². The van der Waals surface area contributed by atoms with Gasteiger partial charge in [-0.1, -0.05) is 48.2 Å². The molecule has 7 nitrogen and oxygen atoms in total. The lowest BCUT2D eigenvalue weighted by Gasteiger charge is -2.14. The van der Waals surface area contributed by atoms with Gasteiger partial charge in [-0.25, -0.2) is 4.98 Å². The lowest BCUT2D eigenvalue weighted by atomic mass is 10.1. The second kappa shape index (κ2) is 10.6. The predicted molar refractivity (Wildman–Crippen MR) is 140 cm³/mol. The maximum Gasteiger partial charge on any atom is 0.266 e. The summed E-state index contributed by atoms with van der Waals surface area (Å²) >= 11 is 1.15. The van der Waals surface area contributed by atoms with Gasteiger partial charge in [0.1, 0.15) is 0 Å². The molecule has 0 unspecified atom stereocenters. The summed E-state index contributed by atoms with van der Waals surface area (Å²) in [6, 6.07) is 20.4. The molecule has 0 aliphatic heterocycles. The second-order valence-electron chi connectivity index (χ2n) is 8.25. The summed E-state index contributed by atoms with van der Waals surface area (Å²) in [6.45, 7) is 5.71. The molecule has 0 atom stereocenters. The zero-order chi connectivity index (χ0) is 24.9. The van der Waals surface area contributed by atoms with Crippen LogP contribution in [0.4, 0.5) is 5.69 Å². The maximum atomic E-state index is 13.3. The summed E-state index contributed by atoms with van der Waals surface area (Å²) in [6.07, 6.45) is 0. The number of nitrogens with one attached hydrogen (secondary N) is 2. The van der Waals surface area contributed by atoms with Gasteiger partial charge in [0.2, 0.25) is 11.8 Å². The van der Waals surface area contributed by atoms with E-state index in [0.717, 1.165) is 34.1 Å². The van der Waals surface area contributed by atoms with Crippen LogP contribution in [0, 0.1) is 20.8 Å². The normalized spacial score (nSPS) is 10.8. The third kappa shape index (κ3) is 5.60. The molecule has 0 fully saturated rings. The minimum Gasteiger partial charge on any atom is -0.346 e. The van der Waals surface area contributed by atoms with E-state index in [1.165, 1.54) is 4.57 Å². The zero-order valence-electron chi connectivity index (χ0n) is 19.8. The van der Waals surface area contributed by atoms with Crippen molar-refractivity contribution in [3.05, 3.63) is 93.8 Å². The van der Waals surface area contributed by atoms with Crippen molar-refractivity contribution in [1.82, 2.24) is 14.9 Å². The highest BCUT2D eigenvalue weighted by Gasteiger charge is 2.15. The molecule has 0 spiro atoms. The summed E-state index contributed by atoms with van der Waals surface area (Å²) < 4.78 is 1.53. The average molecular weight is 487 g/mol. The van der Waals surface area contributed by atoms with E-state index >= 15 is 0 Å². The lowest BCUT2D eigenvalue weighted by Crippen LogP contribution is -2.34. The van der Waals surface area contributed by atoms with Crippen molar-refractivity contribution in [2.45, 2.75) is 25.9 Å². The van der Waals surface area contributed by atoms with Gasteiger partial charge >= 0.3 is 0 Å². The Labute approximate surface area is 207 Å². The first-order chi connectivity index (χ1) is 16.8. The quantitative estimate of drug-likeness (QED) is 0.302. The van der Waals surface area contributed by atoms with Crippen molar-refractivity contribution in [2.24, 2.45) is 0 Å². The molecule has 0 bridgehead atoms. The molecular formula is C27H26N4O3S. The van der Waals surface area contributed by atoms with E-state index in [2.05, 4.69) is 15.6 Å². The van der Waals surface area contributed by atoms with Crippen LogP contribution in [0.1, 0.15) is 16.7 Å². The third-order valence-corrected chi connectivity index (χ3v) is 6.60. The summed E-state index contributed by atoms with van der Waals surface area (Å²) in [7, 11) is 0. The Hall–Kier alpha value is -3.91. The molecule has 8 heteroatoms. The van der Waals surface area contributed by atoms with E-state index in [0.29, 0.717) is 21.7 Å². The van der Waals surface area contributed by atoms with Crippen molar-refractivity contribution in [2.75, 3.05) is 17.6 Å². The van der Waals surface area contributed by atoms with Crippen molar-refractivity contribution in [1.29, 1.82) is 0 Å². The first-order valence-corrected chi connectivity index (χ1v) is 12.2. The number of rotatable bonds is 7. The van der Waals surface area contributed by atoms with Crippen LogP contribution in [0.5, 0.6) is 0 Å². The number of carbonyl (C=O) groups excluding carboxylic acids is 2. The second-order valence-corrected chi connectivity index (χ2v) is 9.19. The van der Waals surface area contributed by atoms with Gasteiger partial charge in [0, 0.05) is 5.69 Å². The topological polar surface area (TPSA) is 93.1 Å². The molecule has 178 valence electrons. The number of fused-ring (bicyclic) bond motifs is 1. The summed E-state index contributed by atoms with van der Waals surface area (Å²) in [5.74, 6) is -0.630. The number of nitrogens with zero attached hydrogens (tertiary/aromatic N) is 2. The molecule has 3 aromatic carbocycles. The fourth-order valence-corrected chi connectivity index (χ4v) is 4.49. The molecule has 2 amide bonds. The summed E-state index contributed by atoms with van der Waals surface area (Å²) in [5, 5.41) is 6.38. The van der Waals surface area contributed by atoms with Crippen LogP contribution in [-0.2, 0) is 9.59 Å². The fourth-order valence-electron chi connectivity index (χ4n) is 3.64. The number of thioether (sulfide) groups is 1. The number of aryl methyl sites for hydroxylation is 2. The van der Waals surface area contributed by atoms with E-state index in [9.17, 15) is 14.4 Å². The first kappa shape index (κ1) is 24.2. The number of carbonyl (C=O) groups is 2. The SMILES string of the molecule is Cc1cccc(-n2c(SCC(=O)NCC(=O)Nc3cccc(C)c3C)nc3ccccc3c2=O)c1. The first-order valence-electron chi connectivity index (χ1n) is 11.2. The summed E-state index contributed by atoms with van der Waals surface area (Å²) in [5.41, 5.74) is 4.84. The number of benzene rings is 3. The Morgan fingerprint density at radius 1 is 0.943 bits per heavy atom. The predicted octanol–water partition coefficient (Wildman–Crippen LogP) is 4.16. The van der Waals surface area contributed by atoms with Crippen molar-refractivity contribution < 1.29 is 9.59 Å². The minimum absolute atomic E-state index is 0.00729. The van der Waals surface area contributed by atoms with Gasteiger partial charge in [0.25, 0.3) is 5.56 Å². The Morgan fingerprint density at radius 3 is 2.51 bits per heavy atom. The van der Waals surface area contributed by atoms with E-state index in [4.69, 9.17) is 0 Å². The van der Waals surface area contributed by atoms with Gasteiger partial charge in [0.15, 0.2) is 5.16 Å². The van der Waals surface area contributed by atoms with E-state index in [1.807, 2.05) is 69.3 Å². The Kier molecular flexibility index (Phi) is 7.31. The molecule has 0 saturated heterocycles. The number of anilines is 1. The van der Waals surface area contributed by atoms with Crippen molar-refractivity contribution in [3.8, 4) is 5.69 Å². The van der Waals surface area contributed by atoms with Crippen LogP contribution in [0.25, 0.3) is 16.6 Å². The molecule has 0 radical (unpaired) electrons. The standard InChI is InChI=1S/C27H26N4O3S/c1-17-8-6-10-20(14-17)31-26(34)21-11-4-5-12-23(21)30-27(31)35-16-25(33)28-15-24(32)29-22-13-7-9-18(2)19(22)3/h4-14H,15-16H2,1-3H3,(H,28,33)(H,29,32). The molecule has 1 aromatic heterocycles. The van der Waals surface area contributed by atoms with E-state index in [-0.39, 0.29) is 29.7 Å². The largest absolute Gasteiger partial charge is 0.346 e. The number of para-hydroxylation sites is 1. The van der Waals surface area contributed by atoms with Crippen LogP contribution >= 0.6 is 11.8 Å². The molecular weight excluding hydrogens is 460 g/mol. The molecule has 4 rings (SSSR count). The molecule has 1 heterocycles. The van der Waals surface area contributed by atoms with Crippen LogP contribution in [0.2, 0.25) is 0 Å². The van der Waals surface area contributed by atoms with Crippen LogP contribution < -0.4 is 16.2 Å². The Balaban J connectivity index is 1.48. The minimum atomic E-state index is -0.329. The van der Waals surface area contributed by atoms with Gasteiger partial charge in [-0.3, -0.25) is 19.0 Å². The van der Waals surface area contributed by atoms with E-state index in [1.54, 1.807) is 18.2 Å². The maximum absolute atomic E-state index is 13.3.